The fraction of sp³-hybridized carbons (Fsp3) is 0.333. The second-order valence-electron chi connectivity index (χ2n) is 5.44. The molecule has 0 fully saturated rings. The lowest BCUT2D eigenvalue weighted by molar-refractivity contribution is 0.0858. The second kappa shape index (κ2) is 5.53. The van der Waals surface area contributed by atoms with Crippen LogP contribution in [0.2, 0.25) is 0 Å². The average Bonchev–Trinajstić information content (AvgIpc) is 2.88. The molecule has 0 saturated carbocycles. The summed E-state index contributed by atoms with van der Waals surface area (Å²) >= 11 is 1.71. The number of thiophene rings is 1. The van der Waals surface area contributed by atoms with Crippen LogP contribution >= 0.6 is 11.3 Å². The molecule has 0 aliphatic carbocycles. The van der Waals surface area contributed by atoms with E-state index >= 15 is 0 Å². The molecule has 2 heterocycles. The molecule has 0 amide bonds. The van der Waals surface area contributed by atoms with E-state index in [4.69, 9.17) is 0 Å². The van der Waals surface area contributed by atoms with Crippen molar-refractivity contribution >= 4 is 22.9 Å². The van der Waals surface area contributed by atoms with Gasteiger partial charge in [0, 0.05) is 22.1 Å². The molecular weight excluding hydrogens is 256 g/mol. The molecule has 2 rings (SSSR count). The van der Waals surface area contributed by atoms with Crippen LogP contribution in [0.1, 0.15) is 36.0 Å². The van der Waals surface area contributed by atoms with Crippen LogP contribution in [0.3, 0.4) is 0 Å². The molecule has 0 spiro atoms. The van der Waals surface area contributed by atoms with Crippen molar-refractivity contribution in [1.29, 1.82) is 0 Å². The Hall–Kier alpha value is -1.68. The molecule has 0 radical (unpaired) electrons. The summed E-state index contributed by atoms with van der Waals surface area (Å²) in [6.45, 7) is 6.51. The molecule has 100 valence electrons. The van der Waals surface area contributed by atoms with E-state index < -0.39 is 0 Å². The van der Waals surface area contributed by atoms with E-state index in [0.717, 1.165) is 12.4 Å². The van der Waals surface area contributed by atoms with Crippen LogP contribution in [0.4, 0.5) is 5.82 Å². The van der Waals surface area contributed by atoms with Gasteiger partial charge in [-0.05, 0) is 23.6 Å². The Kier molecular flexibility index (Phi) is 4.00. The maximum absolute atomic E-state index is 12.1. The molecule has 0 bridgehead atoms. The van der Waals surface area contributed by atoms with Crippen LogP contribution in [-0.2, 0) is 6.54 Å². The van der Waals surface area contributed by atoms with E-state index in [1.165, 1.54) is 4.88 Å². The SMILES string of the molecule is CC(C)(C)C(=O)c1ccc(NCc2cccs2)nc1. The third-order valence-corrected chi connectivity index (χ3v) is 3.61. The van der Waals surface area contributed by atoms with Crippen molar-refractivity contribution in [2.45, 2.75) is 27.3 Å². The van der Waals surface area contributed by atoms with Crippen molar-refractivity contribution in [3.63, 3.8) is 0 Å². The Labute approximate surface area is 117 Å². The number of hydrogen-bond donors (Lipinski definition) is 1. The van der Waals surface area contributed by atoms with Gasteiger partial charge in [0.05, 0.1) is 6.54 Å². The number of pyridine rings is 1. The summed E-state index contributed by atoms with van der Waals surface area (Å²) < 4.78 is 0. The predicted molar refractivity (Wildman–Crippen MR) is 79.7 cm³/mol. The summed E-state index contributed by atoms with van der Waals surface area (Å²) in [5.74, 6) is 0.906. The number of anilines is 1. The first-order chi connectivity index (χ1) is 8.97. The van der Waals surface area contributed by atoms with Crippen molar-refractivity contribution < 1.29 is 4.79 Å². The van der Waals surface area contributed by atoms with Crippen molar-refractivity contribution in [1.82, 2.24) is 4.98 Å². The Bertz CT molecular complexity index is 539. The Balaban J connectivity index is 2.00. The summed E-state index contributed by atoms with van der Waals surface area (Å²) in [6, 6.07) is 7.79. The molecule has 3 nitrogen and oxygen atoms in total. The highest BCUT2D eigenvalue weighted by atomic mass is 32.1. The summed E-state index contributed by atoms with van der Waals surface area (Å²) in [5.41, 5.74) is 0.294. The molecule has 2 aromatic rings. The van der Waals surface area contributed by atoms with Crippen LogP contribution in [0.25, 0.3) is 0 Å². The van der Waals surface area contributed by atoms with Crippen LogP contribution in [0, 0.1) is 5.41 Å². The topological polar surface area (TPSA) is 42.0 Å². The Morgan fingerprint density at radius 3 is 2.63 bits per heavy atom. The monoisotopic (exact) mass is 274 g/mol. The van der Waals surface area contributed by atoms with Gasteiger partial charge in [-0.2, -0.15) is 0 Å². The maximum atomic E-state index is 12.1. The quantitative estimate of drug-likeness (QED) is 0.857. The van der Waals surface area contributed by atoms with Gasteiger partial charge in [-0.3, -0.25) is 4.79 Å². The van der Waals surface area contributed by atoms with Crippen LogP contribution in [0.5, 0.6) is 0 Å². The number of rotatable bonds is 4. The van der Waals surface area contributed by atoms with Gasteiger partial charge in [-0.25, -0.2) is 4.98 Å². The molecule has 4 heteroatoms. The number of hydrogen-bond acceptors (Lipinski definition) is 4. The minimum atomic E-state index is -0.367. The lowest BCUT2D eigenvalue weighted by atomic mass is 9.87. The molecule has 0 aromatic carbocycles. The third kappa shape index (κ3) is 3.64. The standard InChI is InChI=1S/C15H18N2OS/c1-15(2,3)14(18)11-6-7-13(16-9-11)17-10-12-5-4-8-19-12/h4-9H,10H2,1-3H3,(H,16,17). The van der Waals surface area contributed by atoms with E-state index in [-0.39, 0.29) is 11.2 Å². The molecule has 1 N–H and O–H groups in total. The summed E-state index contributed by atoms with van der Waals surface area (Å²) in [4.78, 5) is 17.6. The normalized spacial score (nSPS) is 11.3. The van der Waals surface area contributed by atoms with Crippen molar-refractivity contribution in [2.24, 2.45) is 5.41 Å². The van der Waals surface area contributed by atoms with Crippen molar-refractivity contribution in [2.75, 3.05) is 5.32 Å². The Morgan fingerprint density at radius 1 is 1.32 bits per heavy atom. The number of carbonyl (C=O) groups excluding carboxylic acids is 1. The van der Waals surface area contributed by atoms with Gasteiger partial charge in [0.2, 0.25) is 0 Å². The fourth-order valence-electron chi connectivity index (χ4n) is 1.66. The molecule has 0 aliphatic rings. The number of carbonyl (C=O) groups is 1. The number of ketones is 1. The minimum Gasteiger partial charge on any atom is -0.365 e. The molecule has 0 saturated heterocycles. The van der Waals surface area contributed by atoms with E-state index in [2.05, 4.69) is 21.7 Å². The molecule has 0 atom stereocenters. The molecule has 2 aromatic heterocycles. The number of Topliss-reactive ketones (excluding diaryl/α,β-unsaturated/α-hetero) is 1. The maximum Gasteiger partial charge on any atom is 0.169 e. The van der Waals surface area contributed by atoms with Gasteiger partial charge < -0.3 is 5.32 Å². The van der Waals surface area contributed by atoms with Crippen LogP contribution in [-0.4, -0.2) is 10.8 Å². The van der Waals surface area contributed by atoms with E-state index in [1.807, 2.05) is 39.0 Å². The average molecular weight is 274 g/mol. The molecule has 0 aliphatic heterocycles. The first-order valence-electron chi connectivity index (χ1n) is 6.24. The van der Waals surface area contributed by atoms with E-state index in [1.54, 1.807) is 17.5 Å². The first-order valence-corrected chi connectivity index (χ1v) is 7.12. The van der Waals surface area contributed by atoms with Gasteiger partial charge in [0.15, 0.2) is 5.78 Å². The van der Waals surface area contributed by atoms with Crippen molar-refractivity contribution in [3.05, 3.63) is 46.3 Å². The van der Waals surface area contributed by atoms with E-state index in [0.29, 0.717) is 5.56 Å². The zero-order valence-corrected chi connectivity index (χ0v) is 12.3. The highest BCUT2D eigenvalue weighted by Gasteiger charge is 2.22. The number of nitrogens with zero attached hydrogens (tertiary/aromatic N) is 1. The zero-order chi connectivity index (χ0) is 13.9. The van der Waals surface area contributed by atoms with Gasteiger partial charge in [0.1, 0.15) is 5.82 Å². The lowest BCUT2D eigenvalue weighted by Crippen LogP contribution is -2.20. The summed E-state index contributed by atoms with van der Waals surface area (Å²) in [5, 5.41) is 5.29. The highest BCUT2D eigenvalue weighted by molar-refractivity contribution is 7.09. The fourth-order valence-corrected chi connectivity index (χ4v) is 2.30. The predicted octanol–water partition coefficient (Wildman–Crippen LogP) is 3.98. The number of aromatic nitrogens is 1. The van der Waals surface area contributed by atoms with Crippen LogP contribution in [0.15, 0.2) is 35.8 Å². The molecule has 19 heavy (non-hydrogen) atoms. The first kappa shape index (κ1) is 13.7. The smallest absolute Gasteiger partial charge is 0.169 e. The minimum absolute atomic E-state index is 0.116. The number of nitrogens with one attached hydrogen (secondary N) is 1. The zero-order valence-electron chi connectivity index (χ0n) is 11.4. The van der Waals surface area contributed by atoms with Gasteiger partial charge in [-0.15, -0.1) is 11.3 Å². The van der Waals surface area contributed by atoms with Gasteiger partial charge in [-0.1, -0.05) is 26.8 Å². The largest absolute Gasteiger partial charge is 0.365 e. The van der Waals surface area contributed by atoms with Gasteiger partial charge in [0.25, 0.3) is 0 Å². The lowest BCUT2D eigenvalue weighted by Gasteiger charge is -2.16. The molecular formula is C15H18N2OS. The van der Waals surface area contributed by atoms with Gasteiger partial charge >= 0.3 is 0 Å². The molecule has 0 unspecified atom stereocenters. The second-order valence-corrected chi connectivity index (χ2v) is 6.48. The summed E-state index contributed by atoms with van der Waals surface area (Å²) in [6.07, 6.45) is 1.64. The van der Waals surface area contributed by atoms with E-state index in [9.17, 15) is 4.79 Å². The Morgan fingerprint density at radius 2 is 2.11 bits per heavy atom. The third-order valence-electron chi connectivity index (χ3n) is 2.73. The highest BCUT2D eigenvalue weighted by Crippen LogP contribution is 2.21. The van der Waals surface area contributed by atoms with Crippen LogP contribution < -0.4 is 5.32 Å². The summed E-state index contributed by atoms with van der Waals surface area (Å²) in [7, 11) is 0. The van der Waals surface area contributed by atoms with Crippen molar-refractivity contribution in [3.8, 4) is 0 Å².